The van der Waals surface area contributed by atoms with Gasteiger partial charge in [0.2, 0.25) is 15.9 Å². The summed E-state index contributed by atoms with van der Waals surface area (Å²) in [6.45, 7) is 8.70. The highest BCUT2D eigenvalue weighted by Gasteiger charge is 2.33. The van der Waals surface area contributed by atoms with Crippen molar-refractivity contribution in [3.63, 3.8) is 0 Å². The highest BCUT2D eigenvalue weighted by atomic mass is 35.5. The summed E-state index contributed by atoms with van der Waals surface area (Å²) >= 11 is 0. The molecule has 158 valence electrons. The maximum absolute atomic E-state index is 12.9. The summed E-state index contributed by atoms with van der Waals surface area (Å²) in [4.78, 5) is 13.0. The van der Waals surface area contributed by atoms with Gasteiger partial charge in [0.15, 0.2) is 0 Å². The van der Waals surface area contributed by atoms with Gasteiger partial charge in [-0.15, -0.1) is 12.4 Å². The summed E-state index contributed by atoms with van der Waals surface area (Å²) in [5.41, 5.74) is 2.05. The van der Waals surface area contributed by atoms with Gasteiger partial charge in [-0.3, -0.25) is 4.79 Å². The van der Waals surface area contributed by atoms with E-state index in [9.17, 15) is 13.2 Å². The minimum Gasteiger partial charge on any atom is -0.353 e. The van der Waals surface area contributed by atoms with Gasteiger partial charge in [0, 0.05) is 25.0 Å². The second-order valence-corrected chi connectivity index (χ2v) is 9.95. The number of nitrogens with one attached hydrogen (secondary N) is 2. The molecule has 2 aliphatic rings. The number of halogens is 1. The summed E-state index contributed by atoms with van der Waals surface area (Å²) < 4.78 is 27.3. The molecular formula is C20H32ClN3O3S. The quantitative estimate of drug-likeness (QED) is 0.769. The third kappa shape index (κ3) is 5.06. The van der Waals surface area contributed by atoms with Crippen LogP contribution in [-0.2, 0) is 14.8 Å². The highest BCUT2D eigenvalue weighted by molar-refractivity contribution is 7.89. The van der Waals surface area contributed by atoms with Gasteiger partial charge in [0.25, 0.3) is 0 Å². The molecule has 28 heavy (non-hydrogen) atoms. The molecule has 0 spiro atoms. The van der Waals surface area contributed by atoms with E-state index in [1.165, 1.54) is 4.31 Å². The summed E-state index contributed by atoms with van der Waals surface area (Å²) in [5.74, 6) is 0.406. The van der Waals surface area contributed by atoms with Crippen LogP contribution in [0.1, 0.15) is 37.3 Å². The Kier molecular flexibility index (Phi) is 7.90. The van der Waals surface area contributed by atoms with Crippen LogP contribution < -0.4 is 10.6 Å². The molecule has 2 saturated heterocycles. The van der Waals surface area contributed by atoms with E-state index in [-0.39, 0.29) is 30.3 Å². The van der Waals surface area contributed by atoms with Gasteiger partial charge in [-0.2, -0.15) is 4.31 Å². The Labute approximate surface area is 174 Å². The van der Waals surface area contributed by atoms with Gasteiger partial charge in [-0.25, -0.2) is 8.42 Å². The fourth-order valence-corrected chi connectivity index (χ4v) is 5.47. The molecule has 1 aromatic carbocycles. The number of carbonyl (C=O) groups is 1. The lowest BCUT2D eigenvalue weighted by atomic mass is 9.92. The number of carbonyl (C=O) groups excluding carboxylic acids is 1. The van der Waals surface area contributed by atoms with Gasteiger partial charge in [0.05, 0.1) is 4.90 Å². The predicted octanol–water partition coefficient (Wildman–Crippen LogP) is 2.24. The molecule has 0 radical (unpaired) electrons. The average molecular weight is 430 g/mol. The zero-order valence-electron chi connectivity index (χ0n) is 16.9. The lowest BCUT2D eigenvalue weighted by Gasteiger charge is -2.34. The molecule has 2 aliphatic heterocycles. The number of rotatable bonds is 4. The lowest BCUT2D eigenvalue weighted by Crippen LogP contribution is -2.51. The van der Waals surface area contributed by atoms with E-state index < -0.39 is 10.0 Å². The minimum absolute atomic E-state index is 0. The number of amides is 1. The Bertz CT molecular complexity index is 792. The monoisotopic (exact) mass is 429 g/mol. The van der Waals surface area contributed by atoms with Crippen LogP contribution in [0.15, 0.2) is 23.1 Å². The van der Waals surface area contributed by atoms with Crippen molar-refractivity contribution in [1.82, 2.24) is 14.9 Å². The molecule has 1 aromatic rings. The van der Waals surface area contributed by atoms with Crippen molar-refractivity contribution in [2.75, 3.05) is 26.2 Å². The average Bonchev–Trinajstić information content (AvgIpc) is 2.65. The molecule has 2 atom stereocenters. The third-order valence-corrected chi connectivity index (χ3v) is 7.95. The van der Waals surface area contributed by atoms with Gasteiger partial charge in [0.1, 0.15) is 0 Å². The molecule has 2 fully saturated rings. The summed E-state index contributed by atoms with van der Waals surface area (Å²) in [6, 6.07) is 5.48. The van der Waals surface area contributed by atoms with Crippen molar-refractivity contribution >= 4 is 28.3 Å². The fraction of sp³-hybridized carbons (Fsp3) is 0.650. The van der Waals surface area contributed by atoms with Crippen molar-refractivity contribution in [3.05, 3.63) is 29.3 Å². The molecule has 1 amide bonds. The van der Waals surface area contributed by atoms with Gasteiger partial charge in [-0.05, 0) is 75.4 Å². The number of hydrogen-bond acceptors (Lipinski definition) is 4. The maximum atomic E-state index is 12.9. The third-order valence-electron chi connectivity index (χ3n) is 6.05. The first-order chi connectivity index (χ1) is 12.8. The maximum Gasteiger partial charge on any atom is 0.243 e. The lowest BCUT2D eigenvalue weighted by molar-refractivity contribution is -0.127. The van der Waals surface area contributed by atoms with Crippen molar-refractivity contribution in [2.45, 2.75) is 51.0 Å². The second kappa shape index (κ2) is 9.57. The Hall–Kier alpha value is -1.15. The first-order valence-electron chi connectivity index (χ1n) is 9.87. The van der Waals surface area contributed by atoms with Gasteiger partial charge >= 0.3 is 0 Å². The van der Waals surface area contributed by atoms with Crippen LogP contribution in [0.4, 0.5) is 0 Å². The minimum atomic E-state index is -3.49. The zero-order chi connectivity index (χ0) is 19.6. The second-order valence-electron chi connectivity index (χ2n) is 8.01. The van der Waals surface area contributed by atoms with Crippen LogP contribution >= 0.6 is 12.4 Å². The number of piperidine rings is 2. The molecular weight excluding hydrogens is 398 g/mol. The number of aryl methyl sites for hydroxylation is 2. The Balaban J connectivity index is 0.00000280. The molecule has 0 saturated carbocycles. The Morgan fingerprint density at radius 2 is 1.82 bits per heavy atom. The summed E-state index contributed by atoms with van der Waals surface area (Å²) in [5, 5.41) is 6.53. The normalized spacial score (nSPS) is 24.4. The molecule has 0 aliphatic carbocycles. The summed E-state index contributed by atoms with van der Waals surface area (Å²) in [6.07, 6.45) is 2.11. The topological polar surface area (TPSA) is 78.5 Å². The highest BCUT2D eigenvalue weighted by Crippen LogP contribution is 2.25. The molecule has 6 nitrogen and oxygen atoms in total. The van der Waals surface area contributed by atoms with E-state index in [0.717, 1.165) is 30.6 Å². The zero-order valence-corrected chi connectivity index (χ0v) is 18.5. The predicted molar refractivity (Wildman–Crippen MR) is 113 cm³/mol. The standard InChI is InChI=1S/C20H31N3O3S.ClH/c1-14-4-5-18(12-15(14)2)27(25,26)23-10-7-17(8-11-23)20(24)22-19-6-9-21-13-16(19)3;/h4-5,12,16-17,19,21H,6-11,13H2,1-3H3,(H,22,24);1H. The van der Waals surface area contributed by atoms with E-state index in [1.54, 1.807) is 12.1 Å². The van der Waals surface area contributed by atoms with Crippen molar-refractivity contribution in [1.29, 1.82) is 0 Å². The Morgan fingerprint density at radius 3 is 2.43 bits per heavy atom. The first kappa shape index (κ1) is 23.1. The van der Waals surface area contributed by atoms with Crippen molar-refractivity contribution in [2.24, 2.45) is 11.8 Å². The van der Waals surface area contributed by atoms with Crippen molar-refractivity contribution < 1.29 is 13.2 Å². The van der Waals surface area contributed by atoms with Gasteiger partial charge in [-0.1, -0.05) is 13.0 Å². The first-order valence-corrected chi connectivity index (χ1v) is 11.3. The van der Waals surface area contributed by atoms with Crippen LogP contribution in [0.3, 0.4) is 0 Å². The van der Waals surface area contributed by atoms with Gasteiger partial charge < -0.3 is 10.6 Å². The Morgan fingerprint density at radius 1 is 1.14 bits per heavy atom. The smallest absolute Gasteiger partial charge is 0.243 e. The van der Waals surface area contributed by atoms with Crippen LogP contribution in [0.2, 0.25) is 0 Å². The number of benzene rings is 1. The number of hydrogen-bond donors (Lipinski definition) is 2. The van der Waals surface area contributed by atoms with E-state index >= 15 is 0 Å². The molecule has 2 N–H and O–H groups in total. The molecule has 2 heterocycles. The fourth-order valence-electron chi connectivity index (χ4n) is 3.91. The molecule has 8 heteroatoms. The number of sulfonamides is 1. The molecule has 3 rings (SSSR count). The van der Waals surface area contributed by atoms with Crippen LogP contribution in [0, 0.1) is 25.7 Å². The van der Waals surface area contributed by atoms with Crippen LogP contribution in [0.5, 0.6) is 0 Å². The van der Waals surface area contributed by atoms with Crippen LogP contribution in [-0.4, -0.2) is 50.9 Å². The SMILES string of the molecule is Cc1ccc(S(=O)(=O)N2CCC(C(=O)NC3CCNCC3C)CC2)cc1C.Cl. The number of nitrogens with zero attached hydrogens (tertiary/aromatic N) is 1. The molecule has 0 aromatic heterocycles. The summed E-state index contributed by atoms with van der Waals surface area (Å²) in [7, 11) is -3.49. The van der Waals surface area contributed by atoms with E-state index in [1.807, 2.05) is 19.9 Å². The van der Waals surface area contributed by atoms with E-state index in [4.69, 9.17) is 0 Å². The van der Waals surface area contributed by atoms with Crippen LogP contribution in [0.25, 0.3) is 0 Å². The molecule has 0 bridgehead atoms. The van der Waals surface area contributed by atoms with E-state index in [0.29, 0.717) is 36.7 Å². The van der Waals surface area contributed by atoms with Crippen molar-refractivity contribution in [3.8, 4) is 0 Å². The molecule has 2 unspecified atom stereocenters. The van der Waals surface area contributed by atoms with E-state index in [2.05, 4.69) is 17.6 Å². The largest absolute Gasteiger partial charge is 0.353 e.